The monoisotopic (exact) mass is 312 g/mol. The largest absolute Gasteiger partial charge is 0.459 e. The van der Waals surface area contributed by atoms with E-state index in [9.17, 15) is 4.79 Å². The number of ether oxygens (including phenoxy) is 2. The average molecular weight is 313 g/mol. The summed E-state index contributed by atoms with van der Waals surface area (Å²) in [5.74, 6) is -0.287. The van der Waals surface area contributed by atoms with Crippen molar-refractivity contribution in [3.8, 4) is 0 Å². The van der Waals surface area contributed by atoms with Crippen molar-refractivity contribution >= 4 is 21.9 Å². The van der Waals surface area contributed by atoms with E-state index in [0.717, 1.165) is 5.56 Å². The molecule has 0 saturated heterocycles. The molecule has 0 radical (unpaired) electrons. The quantitative estimate of drug-likeness (QED) is 0.420. The van der Waals surface area contributed by atoms with Gasteiger partial charge in [-0.2, -0.15) is 0 Å². The minimum absolute atomic E-state index is 0.194. The highest BCUT2D eigenvalue weighted by Crippen LogP contribution is 2.06. The van der Waals surface area contributed by atoms with Crippen LogP contribution in [0.15, 0.2) is 43.0 Å². The van der Waals surface area contributed by atoms with Crippen LogP contribution in [0.4, 0.5) is 0 Å². The fourth-order valence-electron chi connectivity index (χ4n) is 1.44. The first kappa shape index (κ1) is 14.9. The molecule has 1 atom stereocenters. The Hall–Kier alpha value is -1.13. The summed E-state index contributed by atoms with van der Waals surface area (Å²) in [5, 5.41) is 0.194. The summed E-state index contributed by atoms with van der Waals surface area (Å²) < 4.78 is 10.7. The number of rotatable bonds is 8. The normalized spacial score (nSPS) is 11.8. The summed E-state index contributed by atoms with van der Waals surface area (Å²) in [4.78, 5) is 11.2. The van der Waals surface area contributed by atoms with Gasteiger partial charge in [0, 0.05) is 6.42 Å². The first-order valence-corrected chi connectivity index (χ1v) is 6.86. The van der Waals surface area contributed by atoms with Crippen LogP contribution < -0.4 is 0 Å². The Kier molecular flexibility index (Phi) is 7.37. The van der Waals surface area contributed by atoms with E-state index in [4.69, 9.17) is 9.47 Å². The minimum Gasteiger partial charge on any atom is -0.459 e. The van der Waals surface area contributed by atoms with E-state index in [1.165, 1.54) is 0 Å². The highest BCUT2D eigenvalue weighted by Gasteiger charge is 2.12. The van der Waals surface area contributed by atoms with E-state index in [2.05, 4.69) is 22.5 Å². The summed E-state index contributed by atoms with van der Waals surface area (Å²) in [5.41, 5.74) is 1.10. The van der Waals surface area contributed by atoms with Crippen LogP contribution in [-0.2, 0) is 20.9 Å². The second-order valence-corrected chi connectivity index (χ2v) is 4.33. The van der Waals surface area contributed by atoms with Crippen molar-refractivity contribution in [1.29, 1.82) is 0 Å². The molecule has 0 heterocycles. The van der Waals surface area contributed by atoms with E-state index < -0.39 is 0 Å². The molecule has 98 valence electrons. The molecule has 1 unspecified atom stereocenters. The molecule has 1 aromatic carbocycles. The van der Waals surface area contributed by atoms with Gasteiger partial charge in [0.05, 0.1) is 13.2 Å². The third-order valence-electron chi connectivity index (χ3n) is 2.25. The highest BCUT2D eigenvalue weighted by atomic mass is 79.9. The molecule has 0 aliphatic carbocycles. The fraction of sp³-hybridized carbons (Fsp3) is 0.357. The maximum Gasteiger partial charge on any atom is 0.316 e. The van der Waals surface area contributed by atoms with Crippen molar-refractivity contribution in [2.45, 2.75) is 19.1 Å². The van der Waals surface area contributed by atoms with Crippen LogP contribution in [0.1, 0.15) is 12.0 Å². The number of carbonyl (C=O) groups is 1. The topological polar surface area (TPSA) is 35.5 Å². The number of benzene rings is 1. The molecular formula is C14H17BrO3. The predicted octanol–water partition coefficient (Wildman–Crippen LogP) is 3.09. The van der Waals surface area contributed by atoms with Gasteiger partial charge in [0.25, 0.3) is 0 Å². The van der Waals surface area contributed by atoms with Crippen molar-refractivity contribution in [3.05, 3.63) is 48.6 Å². The number of esters is 1. The second kappa shape index (κ2) is 8.89. The molecule has 0 spiro atoms. The van der Waals surface area contributed by atoms with Gasteiger partial charge in [-0.1, -0.05) is 52.3 Å². The van der Waals surface area contributed by atoms with Gasteiger partial charge in [-0.15, -0.1) is 6.58 Å². The van der Waals surface area contributed by atoms with Gasteiger partial charge in [0.1, 0.15) is 11.4 Å². The van der Waals surface area contributed by atoms with Gasteiger partial charge < -0.3 is 9.47 Å². The van der Waals surface area contributed by atoms with E-state index in [1.807, 2.05) is 30.3 Å². The van der Waals surface area contributed by atoms with Crippen LogP contribution in [0.25, 0.3) is 0 Å². The first-order valence-electron chi connectivity index (χ1n) is 5.74. The molecule has 0 saturated carbocycles. The van der Waals surface area contributed by atoms with E-state index >= 15 is 0 Å². The molecule has 0 amide bonds. The first-order chi connectivity index (χ1) is 8.76. The van der Waals surface area contributed by atoms with Gasteiger partial charge in [-0.25, -0.2) is 0 Å². The zero-order valence-electron chi connectivity index (χ0n) is 10.2. The number of hydrogen-bond donors (Lipinski definition) is 0. The Balaban J connectivity index is 2.33. The maximum absolute atomic E-state index is 11.2. The lowest BCUT2D eigenvalue weighted by molar-refractivity contribution is -0.148. The average Bonchev–Trinajstić information content (AvgIpc) is 2.40. The van der Waals surface area contributed by atoms with E-state index in [0.29, 0.717) is 19.6 Å². The molecule has 0 aliphatic heterocycles. The van der Waals surface area contributed by atoms with Gasteiger partial charge in [0.2, 0.25) is 0 Å². The van der Waals surface area contributed by atoms with Crippen molar-refractivity contribution in [2.24, 2.45) is 0 Å². The minimum atomic E-state index is -0.287. The van der Waals surface area contributed by atoms with E-state index in [-0.39, 0.29) is 17.4 Å². The molecule has 0 fully saturated rings. The SMILES string of the molecule is C=CCC(COCc1ccccc1)OC(=O)CBr. The van der Waals surface area contributed by atoms with Crippen LogP contribution in [-0.4, -0.2) is 24.0 Å². The summed E-state index contributed by atoms with van der Waals surface area (Å²) >= 11 is 3.06. The smallest absolute Gasteiger partial charge is 0.316 e. The van der Waals surface area contributed by atoms with Gasteiger partial charge in [-0.05, 0) is 5.56 Å². The number of carbonyl (C=O) groups excluding carboxylic acids is 1. The molecular weight excluding hydrogens is 296 g/mol. The third kappa shape index (κ3) is 5.98. The Morgan fingerprint density at radius 2 is 2.11 bits per heavy atom. The van der Waals surface area contributed by atoms with Crippen LogP contribution in [0.5, 0.6) is 0 Å². The summed E-state index contributed by atoms with van der Waals surface area (Å²) in [6.45, 7) is 4.53. The second-order valence-electron chi connectivity index (χ2n) is 3.77. The van der Waals surface area contributed by atoms with Crippen LogP contribution in [0.2, 0.25) is 0 Å². The van der Waals surface area contributed by atoms with Gasteiger partial charge in [-0.3, -0.25) is 4.79 Å². The Morgan fingerprint density at radius 3 is 2.72 bits per heavy atom. The Labute approximate surface area is 116 Å². The highest BCUT2D eigenvalue weighted by molar-refractivity contribution is 9.09. The molecule has 4 heteroatoms. The zero-order valence-corrected chi connectivity index (χ0v) is 11.8. The van der Waals surface area contributed by atoms with Crippen LogP contribution >= 0.6 is 15.9 Å². The van der Waals surface area contributed by atoms with E-state index in [1.54, 1.807) is 6.08 Å². The molecule has 0 N–H and O–H groups in total. The van der Waals surface area contributed by atoms with Gasteiger partial charge in [0.15, 0.2) is 0 Å². The lowest BCUT2D eigenvalue weighted by Crippen LogP contribution is -2.23. The van der Waals surface area contributed by atoms with Crippen molar-refractivity contribution < 1.29 is 14.3 Å². The fourth-order valence-corrected chi connectivity index (χ4v) is 1.57. The summed E-state index contributed by atoms with van der Waals surface area (Å²) in [6.07, 6.45) is 2.04. The molecule has 1 aromatic rings. The Bertz CT molecular complexity index is 365. The number of alkyl halides is 1. The predicted molar refractivity (Wildman–Crippen MR) is 74.6 cm³/mol. The van der Waals surface area contributed by atoms with Crippen molar-refractivity contribution in [2.75, 3.05) is 11.9 Å². The lowest BCUT2D eigenvalue weighted by Gasteiger charge is -2.16. The van der Waals surface area contributed by atoms with Crippen molar-refractivity contribution in [3.63, 3.8) is 0 Å². The summed E-state index contributed by atoms with van der Waals surface area (Å²) in [6, 6.07) is 9.87. The molecule has 18 heavy (non-hydrogen) atoms. The molecule has 0 aromatic heterocycles. The molecule has 0 aliphatic rings. The van der Waals surface area contributed by atoms with Crippen LogP contribution in [0, 0.1) is 0 Å². The zero-order chi connectivity index (χ0) is 13.2. The Morgan fingerprint density at radius 1 is 1.39 bits per heavy atom. The molecule has 1 rings (SSSR count). The number of hydrogen-bond acceptors (Lipinski definition) is 3. The lowest BCUT2D eigenvalue weighted by atomic mass is 10.2. The van der Waals surface area contributed by atoms with Crippen molar-refractivity contribution in [1.82, 2.24) is 0 Å². The molecule has 3 nitrogen and oxygen atoms in total. The third-order valence-corrected chi connectivity index (χ3v) is 2.71. The van der Waals surface area contributed by atoms with Crippen LogP contribution in [0.3, 0.4) is 0 Å². The van der Waals surface area contributed by atoms with Gasteiger partial charge >= 0.3 is 5.97 Å². The number of halogens is 1. The molecule has 0 bridgehead atoms. The standard InChI is InChI=1S/C14H17BrO3/c1-2-6-13(18-14(16)9-15)11-17-10-12-7-4-3-5-8-12/h2-5,7-8,13H,1,6,9-11H2. The maximum atomic E-state index is 11.2. The summed E-state index contributed by atoms with van der Waals surface area (Å²) in [7, 11) is 0.